The van der Waals surface area contributed by atoms with Gasteiger partial charge in [-0.05, 0) is 66.1 Å². The molecule has 3 nitrogen and oxygen atoms in total. The van der Waals surface area contributed by atoms with Crippen LogP contribution in [0.5, 0.6) is 11.5 Å². The molecule has 2 aromatic carbocycles. The minimum absolute atomic E-state index is 0.627. The van der Waals surface area contributed by atoms with E-state index in [1.54, 1.807) is 0 Å². The van der Waals surface area contributed by atoms with Crippen LogP contribution in [0.25, 0.3) is 0 Å². The van der Waals surface area contributed by atoms with Gasteiger partial charge in [-0.15, -0.1) is 0 Å². The summed E-state index contributed by atoms with van der Waals surface area (Å²) in [5, 5.41) is 0. The van der Waals surface area contributed by atoms with Crippen LogP contribution in [0, 0.1) is 0 Å². The molecule has 4 rings (SSSR count). The average molecular weight is 281 g/mol. The van der Waals surface area contributed by atoms with Gasteiger partial charge >= 0.3 is 0 Å². The summed E-state index contributed by atoms with van der Waals surface area (Å²) in [5.74, 6) is 2.44. The number of rotatable bonds is 3. The van der Waals surface area contributed by atoms with Gasteiger partial charge < -0.3 is 15.2 Å². The van der Waals surface area contributed by atoms with E-state index < -0.39 is 0 Å². The highest BCUT2D eigenvalue weighted by Gasteiger charge is 2.26. The van der Waals surface area contributed by atoms with Gasteiger partial charge in [0.15, 0.2) is 11.5 Å². The van der Waals surface area contributed by atoms with E-state index in [0.29, 0.717) is 13.2 Å². The van der Waals surface area contributed by atoms with E-state index in [9.17, 15) is 0 Å². The second-order valence-electron chi connectivity index (χ2n) is 5.89. The predicted octanol–water partition coefficient (Wildman–Crippen LogP) is 3.51. The zero-order valence-corrected chi connectivity index (χ0v) is 12.0. The fourth-order valence-electron chi connectivity index (χ4n) is 2.99. The molecule has 0 atom stereocenters. The molecule has 1 heterocycles. The maximum absolute atomic E-state index is 5.97. The largest absolute Gasteiger partial charge is 0.486 e. The lowest BCUT2D eigenvalue weighted by Gasteiger charge is -2.19. The van der Waals surface area contributed by atoms with Crippen LogP contribution < -0.4 is 15.2 Å². The van der Waals surface area contributed by atoms with Crippen molar-refractivity contribution in [2.24, 2.45) is 0 Å². The molecular weight excluding hydrogens is 262 g/mol. The van der Waals surface area contributed by atoms with Gasteiger partial charge in [-0.25, -0.2) is 0 Å². The fraction of sp³-hybridized carbons (Fsp3) is 0.333. The van der Waals surface area contributed by atoms with Crippen LogP contribution in [-0.2, 0) is 6.42 Å². The molecule has 0 amide bonds. The van der Waals surface area contributed by atoms with Crippen LogP contribution in [0.15, 0.2) is 36.4 Å². The first-order valence-electron chi connectivity index (χ1n) is 7.56. The summed E-state index contributed by atoms with van der Waals surface area (Å²) < 4.78 is 11.2. The molecule has 0 radical (unpaired) electrons. The summed E-state index contributed by atoms with van der Waals surface area (Å²) in [6.07, 6.45) is 3.50. The van der Waals surface area contributed by atoms with Crippen molar-refractivity contribution in [2.75, 3.05) is 18.9 Å². The highest BCUT2D eigenvalue weighted by Crippen LogP contribution is 2.42. The van der Waals surface area contributed by atoms with Crippen molar-refractivity contribution in [1.82, 2.24) is 0 Å². The molecule has 2 aliphatic rings. The molecular formula is C18H19NO2. The minimum atomic E-state index is 0.627. The van der Waals surface area contributed by atoms with E-state index in [4.69, 9.17) is 15.2 Å². The zero-order chi connectivity index (χ0) is 14.2. The summed E-state index contributed by atoms with van der Waals surface area (Å²) in [6.45, 7) is 1.26. The maximum Gasteiger partial charge on any atom is 0.161 e. The Balaban J connectivity index is 1.65. The molecule has 1 saturated carbocycles. The number of nitrogens with two attached hydrogens (primary N) is 1. The number of benzene rings is 2. The van der Waals surface area contributed by atoms with E-state index in [2.05, 4.69) is 24.3 Å². The highest BCUT2D eigenvalue weighted by atomic mass is 16.6. The minimum Gasteiger partial charge on any atom is -0.486 e. The third-order valence-corrected chi connectivity index (χ3v) is 4.19. The Kier molecular flexibility index (Phi) is 2.99. The monoisotopic (exact) mass is 281 g/mol. The summed E-state index contributed by atoms with van der Waals surface area (Å²) >= 11 is 0. The zero-order valence-electron chi connectivity index (χ0n) is 12.0. The Morgan fingerprint density at radius 2 is 1.76 bits per heavy atom. The van der Waals surface area contributed by atoms with Crippen LogP contribution in [-0.4, -0.2) is 13.2 Å². The molecule has 0 unspecified atom stereocenters. The van der Waals surface area contributed by atoms with Crippen molar-refractivity contribution in [3.63, 3.8) is 0 Å². The number of nitrogen functional groups attached to an aromatic ring is 1. The van der Waals surface area contributed by atoms with Crippen molar-refractivity contribution in [3.8, 4) is 11.5 Å². The molecule has 108 valence electrons. The van der Waals surface area contributed by atoms with Gasteiger partial charge in [-0.3, -0.25) is 0 Å². The van der Waals surface area contributed by atoms with Gasteiger partial charge in [0.2, 0.25) is 0 Å². The Bertz CT molecular complexity index is 677. The molecule has 3 heteroatoms. The van der Waals surface area contributed by atoms with Crippen molar-refractivity contribution >= 4 is 5.69 Å². The number of anilines is 1. The normalized spacial score (nSPS) is 16.8. The second kappa shape index (κ2) is 4.99. The molecule has 0 spiro atoms. The molecule has 0 bridgehead atoms. The van der Waals surface area contributed by atoms with Crippen molar-refractivity contribution in [3.05, 3.63) is 53.1 Å². The number of ether oxygens (including phenoxy) is 2. The molecule has 1 aliphatic heterocycles. The Labute approximate surface area is 124 Å². The first-order chi connectivity index (χ1) is 10.3. The fourth-order valence-corrected chi connectivity index (χ4v) is 2.99. The quantitative estimate of drug-likeness (QED) is 0.876. The lowest BCUT2D eigenvalue weighted by Crippen LogP contribution is -2.15. The summed E-state index contributed by atoms with van der Waals surface area (Å²) in [5.41, 5.74) is 10.8. The maximum atomic E-state index is 5.97. The molecule has 21 heavy (non-hydrogen) atoms. The van der Waals surface area contributed by atoms with Crippen LogP contribution in [0.1, 0.15) is 35.4 Å². The van der Waals surface area contributed by atoms with Crippen LogP contribution in [0.4, 0.5) is 5.69 Å². The van der Waals surface area contributed by atoms with Gasteiger partial charge in [-0.1, -0.05) is 12.1 Å². The molecule has 2 N–H and O–H groups in total. The smallest absolute Gasteiger partial charge is 0.161 e. The Morgan fingerprint density at radius 3 is 2.57 bits per heavy atom. The highest BCUT2D eigenvalue weighted by molar-refractivity contribution is 5.50. The predicted molar refractivity (Wildman–Crippen MR) is 83.1 cm³/mol. The van der Waals surface area contributed by atoms with Crippen molar-refractivity contribution in [2.45, 2.75) is 25.2 Å². The van der Waals surface area contributed by atoms with Crippen molar-refractivity contribution < 1.29 is 9.47 Å². The second-order valence-corrected chi connectivity index (χ2v) is 5.89. The third kappa shape index (κ3) is 2.56. The van der Waals surface area contributed by atoms with Crippen LogP contribution in [0.3, 0.4) is 0 Å². The Hall–Kier alpha value is -2.16. The third-order valence-electron chi connectivity index (χ3n) is 4.19. The molecule has 0 aromatic heterocycles. The van der Waals surface area contributed by atoms with E-state index in [-0.39, 0.29) is 0 Å². The van der Waals surface area contributed by atoms with Gasteiger partial charge in [0.1, 0.15) is 13.2 Å². The molecule has 1 fully saturated rings. The van der Waals surface area contributed by atoms with Crippen LogP contribution >= 0.6 is 0 Å². The molecule has 1 aliphatic carbocycles. The van der Waals surface area contributed by atoms with Crippen LogP contribution in [0.2, 0.25) is 0 Å². The first kappa shape index (κ1) is 12.6. The van der Waals surface area contributed by atoms with E-state index >= 15 is 0 Å². The van der Waals surface area contributed by atoms with E-state index in [1.165, 1.54) is 29.5 Å². The standard InChI is InChI=1S/C18H19NO2/c19-15-4-5-16(13-2-3-13)14(11-15)9-12-1-6-17-18(10-12)21-8-7-20-17/h1,4-6,10-11,13H,2-3,7-9,19H2. The van der Waals surface area contributed by atoms with Crippen molar-refractivity contribution in [1.29, 1.82) is 0 Å². The topological polar surface area (TPSA) is 44.5 Å². The van der Waals surface area contributed by atoms with Gasteiger partial charge in [0, 0.05) is 5.69 Å². The number of hydrogen-bond acceptors (Lipinski definition) is 3. The summed E-state index contributed by atoms with van der Waals surface area (Å²) in [7, 11) is 0. The van der Waals surface area contributed by atoms with Gasteiger partial charge in [-0.2, -0.15) is 0 Å². The molecule has 0 saturated heterocycles. The first-order valence-corrected chi connectivity index (χ1v) is 7.56. The molecule has 2 aromatic rings. The van der Waals surface area contributed by atoms with Gasteiger partial charge in [0.05, 0.1) is 0 Å². The summed E-state index contributed by atoms with van der Waals surface area (Å²) in [4.78, 5) is 0. The lowest BCUT2D eigenvalue weighted by atomic mass is 9.96. The Morgan fingerprint density at radius 1 is 0.952 bits per heavy atom. The lowest BCUT2D eigenvalue weighted by molar-refractivity contribution is 0.171. The van der Waals surface area contributed by atoms with E-state index in [0.717, 1.165) is 29.5 Å². The van der Waals surface area contributed by atoms with Gasteiger partial charge in [0.25, 0.3) is 0 Å². The average Bonchev–Trinajstić information content (AvgIpc) is 3.32. The SMILES string of the molecule is Nc1ccc(C2CC2)c(Cc2ccc3c(c2)OCCO3)c1. The number of fused-ring (bicyclic) bond motifs is 1. The summed E-state index contributed by atoms with van der Waals surface area (Å²) in [6, 6.07) is 12.5. The van der Waals surface area contributed by atoms with E-state index in [1.807, 2.05) is 12.1 Å². The number of hydrogen-bond donors (Lipinski definition) is 1.